The summed E-state index contributed by atoms with van der Waals surface area (Å²) < 4.78 is 37.3. The molecule has 3 rings (SSSR count). The summed E-state index contributed by atoms with van der Waals surface area (Å²) in [6, 6.07) is 8.91. The average Bonchev–Trinajstić information content (AvgIpc) is 2.89. The third kappa shape index (κ3) is 3.73. The fourth-order valence-electron chi connectivity index (χ4n) is 2.66. The van der Waals surface area contributed by atoms with Gasteiger partial charge in [-0.05, 0) is 43.2 Å². The monoisotopic (exact) mass is 376 g/mol. The highest BCUT2D eigenvalue weighted by Gasteiger charge is 2.16. The van der Waals surface area contributed by atoms with Crippen LogP contribution in [0.4, 0.5) is 4.39 Å². The molecule has 0 saturated carbocycles. The predicted octanol–water partition coefficient (Wildman–Crippen LogP) is 1.40. The standard InChI is InChI=1S/C17H17FN4O3S/c1-11-16(22-10-13(18)4-7-15(22)21-11)17(23)20-9-8-12-2-5-14(6-3-12)26(19,24)25/h2-7,10H,8-9H2,1H3,(H,20,23)(H2,19,24,25). The van der Waals surface area contributed by atoms with Crippen molar-refractivity contribution >= 4 is 21.6 Å². The summed E-state index contributed by atoms with van der Waals surface area (Å²) in [5.41, 5.74) is 2.13. The summed E-state index contributed by atoms with van der Waals surface area (Å²) in [5, 5.41) is 7.82. The zero-order valence-electron chi connectivity index (χ0n) is 13.9. The lowest BCUT2D eigenvalue weighted by atomic mass is 10.1. The van der Waals surface area contributed by atoms with E-state index in [0.29, 0.717) is 24.3 Å². The van der Waals surface area contributed by atoms with Crippen LogP contribution in [0.2, 0.25) is 0 Å². The van der Waals surface area contributed by atoms with Crippen LogP contribution < -0.4 is 10.5 Å². The number of rotatable bonds is 5. The van der Waals surface area contributed by atoms with E-state index in [2.05, 4.69) is 10.3 Å². The minimum absolute atomic E-state index is 0.0358. The van der Waals surface area contributed by atoms with Gasteiger partial charge < -0.3 is 5.32 Å². The van der Waals surface area contributed by atoms with Gasteiger partial charge in [0.05, 0.1) is 10.6 Å². The lowest BCUT2D eigenvalue weighted by Crippen LogP contribution is -2.27. The fraction of sp³-hybridized carbons (Fsp3) is 0.176. The lowest BCUT2D eigenvalue weighted by Gasteiger charge is -2.07. The van der Waals surface area contributed by atoms with Crippen LogP contribution in [0.25, 0.3) is 5.65 Å². The Hall–Kier alpha value is -2.78. The predicted molar refractivity (Wildman–Crippen MR) is 93.7 cm³/mol. The van der Waals surface area contributed by atoms with E-state index in [1.165, 1.54) is 34.9 Å². The van der Waals surface area contributed by atoms with Crippen molar-refractivity contribution in [1.82, 2.24) is 14.7 Å². The third-order valence-corrected chi connectivity index (χ3v) is 4.85. The number of carbonyl (C=O) groups is 1. The van der Waals surface area contributed by atoms with Crippen LogP contribution in [0.15, 0.2) is 47.5 Å². The van der Waals surface area contributed by atoms with E-state index in [1.807, 2.05) is 0 Å². The van der Waals surface area contributed by atoms with Crippen molar-refractivity contribution < 1.29 is 17.6 Å². The Balaban J connectivity index is 1.68. The van der Waals surface area contributed by atoms with Crippen LogP contribution in [0.5, 0.6) is 0 Å². The number of amides is 1. The molecule has 0 radical (unpaired) electrons. The fourth-order valence-corrected chi connectivity index (χ4v) is 3.18. The zero-order valence-corrected chi connectivity index (χ0v) is 14.8. The van der Waals surface area contributed by atoms with E-state index in [1.54, 1.807) is 19.1 Å². The lowest BCUT2D eigenvalue weighted by molar-refractivity contribution is 0.0947. The maximum atomic E-state index is 13.4. The molecule has 2 heterocycles. The van der Waals surface area contributed by atoms with E-state index in [-0.39, 0.29) is 16.5 Å². The molecule has 26 heavy (non-hydrogen) atoms. The van der Waals surface area contributed by atoms with Gasteiger partial charge in [-0.1, -0.05) is 12.1 Å². The number of nitrogens with zero attached hydrogens (tertiary/aromatic N) is 2. The van der Waals surface area contributed by atoms with Gasteiger partial charge in [0.1, 0.15) is 17.2 Å². The van der Waals surface area contributed by atoms with Crippen molar-refractivity contribution in [2.24, 2.45) is 5.14 Å². The first-order valence-electron chi connectivity index (χ1n) is 7.80. The number of halogens is 1. The normalized spacial score (nSPS) is 11.7. The summed E-state index contributed by atoms with van der Waals surface area (Å²) in [4.78, 5) is 16.7. The Morgan fingerprint density at radius 1 is 1.23 bits per heavy atom. The summed E-state index contributed by atoms with van der Waals surface area (Å²) >= 11 is 0. The van der Waals surface area contributed by atoms with Crippen LogP contribution in [0.3, 0.4) is 0 Å². The molecule has 3 N–H and O–H groups in total. The van der Waals surface area contributed by atoms with Gasteiger partial charge in [0.15, 0.2) is 0 Å². The highest BCUT2D eigenvalue weighted by molar-refractivity contribution is 7.89. The number of nitrogens with two attached hydrogens (primary N) is 1. The topological polar surface area (TPSA) is 107 Å². The van der Waals surface area contributed by atoms with Crippen molar-refractivity contribution in [2.75, 3.05) is 6.54 Å². The van der Waals surface area contributed by atoms with E-state index in [9.17, 15) is 17.6 Å². The zero-order chi connectivity index (χ0) is 18.9. The number of pyridine rings is 1. The molecular weight excluding hydrogens is 359 g/mol. The van der Waals surface area contributed by atoms with Crippen molar-refractivity contribution in [2.45, 2.75) is 18.2 Å². The SMILES string of the molecule is Cc1nc2ccc(F)cn2c1C(=O)NCCc1ccc(S(N)(=O)=O)cc1. The van der Waals surface area contributed by atoms with Gasteiger partial charge in [-0.25, -0.2) is 22.9 Å². The third-order valence-electron chi connectivity index (χ3n) is 3.92. The highest BCUT2D eigenvalue weighted by Crippen LogP contribution is 2.13. The number of imidazole rings is 1. The molecule has 1 aromatic carbocycles. The van der Waals surface area contributed by atoms with Gasteiger partial charge in [-0.3, -0.25) is 9.20 Å². The van der Waals surface area contributed by atoms with Gasteiger partial charge in [0.2, 0.25) is 10.0 Å². The summed E-state index contributed by atoms with van der Waals surface area (Å²) in [7, 11) is -3.72. The second kappa shape index (κ2) is 6.85. The van der Waals surface area contributed by atoms with Gasteiger partial charge in [-0.15, -0.1) is 0 Å². The minimum atomic E-state index is -3.72. The summed E-state index contributed by atoms with van der Waals surface area (Å²) in [6.45, 7) is 2.02. The Bertz CT molecular complexity index is 1080. The molecule has 0 aliphatic carbocycles. The highest BCUT2D eigenvalue weighted by atomic mass is 32.2. The molecule has 0 fully saturated rings. The maximum Gasteiger partial charge on any atom is 0.270 e. The van der Waals surface area contributed by atoms with Gasteiger partial charge >= 0.3 is 0 Å². The molecule has 0 aliphatic rings. The van der Waals surface area contributed by atoms with E-state index >= 15 is 0 Å². The molecule has 0 bridgehead atoms. The number of fused-ring (bicyclic) bond motifs is 1. The van der Waals surface area contributed by atoms with E-state index in [4.69, 9.17) is 5.14 Å². The smallest absolute Gasteiger partial charge is 0.270 e. The van der Waals surface area contributed by atoms with E-state index < -0.39 is 15.8 Å². The van der Waals surface area contributed by atoms with Crippen molar-refractivity contribution in [3.63, 3.8) is 0 Å². The van der Waals surface area contributed by atoms with Crippen LogP contribution in [-0.4, -0.2) is 30.3 Å². The molecular formula is C17H17FN4O3S. The Kier molecular flexibility index (Phi) is 4.75. The minimum Gasteiger partial charge on any atom is -0.350 e. The van der Waals surface area contributed by atoms with Crippen molar-refractivity contribution in [3.05, 3.63) is 65.4 Å². The number of primary sulfonamides is 1. The molecule has 0 saturated heterocycles. The van der Waals surface area contributed by atoms with Crippen LogP contribution in [0.1, 0.15) is 21.7 Å². The van der Waals surface area contributed by atoms with Crippen LogP contribution >= 0.6 is 0 Å². The maximum absolute atomic E-state index is 13.4. The number of hydrogen-bond acceptors (Lipinski definition) is 4. The number of nitrogens with one attached hydrogen (secondary N) is 1. The quantitative estimate of drug-likeness (QED) is 0.702. The van der Waals surface area contributed by atoms with Gasteiger partial charge in [0, 0.05) is 12.7 Å². The Morgan fingerprint density at radius 3 is 2.58 bits per heavy atom. The number of sulfonamides is 1. The molecule has 9 heteroatoms. The van der Waals surface area contributed by atoms with Crippen LogP contribution in [-0.2, 0) is 16.4 Å². The molecule has 136 valence electrons. The number of aryl methyl sites for hydroxylation is 1. The van der Waals surface area contributed by atoms with Crippen molar-refractivity contribution in [1.29, 1.82) is 0 Å². The van der Waals surface area contributed by atoms with Crippen molar-refractivity contribution in [3.8, 4) is 0 Å². The Morgan fingerprint density at radius 2 is 1.92 bits per heavy atom. The first-order chi connectivity index (χ1) is 12.3. The molecule has 0 unspecified atom stereocenters. The number of aromatic nitrogens is 2. The molecule has 0 spiro atoms. The number of benzene rings is 1. The summed E-state index contributed by atoms with van der Waals surface area (Å²) in [6.07, 6.45) is 1.72. The first-order valence-corrected chi connectivity index (χ1v) is 9.34. The molecule has 0 aliphatic heterocycles. The van der Waals surface area contributed by atoms with E-state index in [0.717, 1.165) is 5.56 Å². The summed E-state index contributed by atoms with van der Waals surface area (Å²) in [5.74, 6) is -0.819. The van der Waals surface area contributed by atoms with Gasteiger partial charge in [0.25, 0.3) is 5.91 Å². The van der Waals surface area contributed by atoms with Gasteiger partial charge in [-0.2, -0.15) is 0 Å². The van der Waals surface area contributed by atoms with Crippen LogP contribution in [0, 0.1) is 12.7 Å². The molecule has 1 amide bonds. The largest absolute Gasteiger partial charge is 0.350 e. The number of hydrogen-bond donors (Lipinski definition) is 2. The molecule has 7 nitrogen and oxygen atoms in total. The first kappa shape index (κ1) is 18.0. The average molecular weight is 376 g/mol. The number of carbonyl (C=O) groups excluding carboxylic acids is 1. The second-order valence-corrected chi connectivity index (χ2v) is 7.38. The Labute approximate surface area is 149 Å². The molecule has 2 aromatic heterocycles. The molecule has 3 aromatic rings. The second-order valence-electron chi connectivity index (χ2n) is 5.82. The molecule has 0 atom stereocenters.